The lowest BCUT2D eigenvalue weighted by Gasteiger charge is -2.11. The number of aromatic hydroxyl groups is 1. The molecule has 6 nitrogen and oxygen atoms in total. The molecule has 0 saturated carbocycles. The van der Waals surface area contributed by atoms with Gasteiger partial charge in [-0.2, -0.15) is 0 Å². The molecular formula is C16H15FN2O4S. The number of carbonyl (C=O) groups excluding carboxylic acids is 1. The number of halogens is 1. The van der Waals surface area contributed by atoms with Gasteiger partial charge in [-0.15, -0.1) is 6.58 Å². The number of nitrogens with one attached hydrogen (secondary N) is 1. The number of nitrogens with two attached hydrogens (primary N) is 1. The molecule has 0 atom stereocenters. The van der Waals surface area contributed by atoms with Gasteiger partial charge >= 0.3 is 0 Å². The number of hydrogen-bond acceptors (Lipinski definition) is 4. The summed E-state index contributed by atoms with van der Waals surface area (Å²) in [6.45, 7) is 3.60. The Bertz CT molecular complexity index is 910. The van der Waals surface area contributed by atoms with Gasteiger partial charge < -0.3 is 10.8 Å². The summed E-state index contributed by atoms with van der Waals surface area (Å²) in [6, 6.07) is 7.72. The Morgan fingerprint density at radius 1 is 1.33 bits per heavy atom. The van der Waals surface area contributed by atoms with Gasteiger partial charge in [-0.3, -0.25) is 9.52 Å². The van der Waals surface area contributed by atoms with E-state index >= 15 is 0 Å². The number of phenols is 1. The molecule has 2 aromatic carbocycles. The van der Waals surface area contributed by atoms with Crippen molar-refractivity contribution in [2.24, 2.45) is 5.73 Å². The quantitative estimate of drug-likeness (QED) is 0.694. The van der Waals surface area contributed by atoms with Crippen LogP contribution in [0, 0.1) is 5.82 Å². The minimum Gasteiger partial charge on any atom is -0.507 e. The third-order valence-electron chi connectivity index (χ3n) is 3.16. The third-order valence-corrected chi connectivity index (χ3v) is 4.56. The predicted octanol–water partition coefficient (Wildman–Crippen LogP) is 2.16. The van der Waals surface area contributed by atoms with Crippen molar-refractivity contribution in [3.05, 3.63) is 66.0 Å². The fourth-order valence-corrected chi connectivity index (χ4v) is 3.22. The first-order valence-corrected chi connectivity index (χ1v) is 8.28. The van der Waals surface area contributed by atoms with Crippen molar-refractivity contribution in [1.82, 2.24) is 0 Å². The van der Waals surface area contributed by atoms with E-state index in [1.807, 2.05) is 0 Å². The zero-order chi connectivity index (χ0) is 17.9. The Balaban J connectivity index is 2.44. The Kier molecular flexibility index (Phi) is 4.89. The summed E-state index contributed by atoms with van der Waals surface area (Å²) in [4.78, 5) is 10.4. The van der Waals surface area contributed by atoms with Crippen LogP contribution < -0.4 is 10.5 Å². The van der Waals surface area contributed by atoms with E-state index in [1.165, 1.54) is 6.07 Å². The lowest BCUT2D eigenvalue weighted by molar-refractivity contribution is 0.0997. The van der Waals surface area contributed by atoms with Crippen molar-refractivity contribution in [3.63, 3.8) is 0 Å². The van der Waals surface area contributed by atoms with Crippen LogP contribution in [0.4, 0.5) is 10.1 Å². The highest BCUT2D eigenvalue weighted by Crippen LogP contribution is 2.26. The standard InChI is InChI=1S/C16H15FN2O4S/c1-2-4-10-5-3-6-11(7-10)19-24(22,23)15-8-12(16(18)21)14(20)9-13(15)17/h2-3,5-9,19-20H,1,4H2,(H2,18,21). The van der Waals surface area contributed by atoms with Crippen LogP contribution in [0.3, 0.4) is 0 Å². The molecule has 0 aliphatic rings. The molecule has 4 N–H and O–H groups in total. The number of anilines is 1. The smallest absolute Gasteiger partial charge is 0.264 e. The second-order valence-electron chi connectivity index (χ2n) is 4.96. The van der Waals surface area contributed by atoms with E-state index < -0.39 is 38.0 Å². The molecule has 2 rings (SSSR count). The first-order chi connectivity index (χ1) is 11.2. The molecule has 0 bridgehead atoms. The van der Waals surface area contributed by atoms with Crippen LogP contribution in [-0.2, 0) is 16.4 Å². The number of benzene rings is 2. The van der Waals surface area contributed by atoms with E-state index in [9.17, 15) is 22.7 Å². The molecule has 0 radical (unpaired) electrons. The zero-order valence-corrected chi connectivity index (χ0v) is 13.3. The normalized spacial score (nSPS) is 11.0. The molecule has 0 saturated heterocycles. The first-order valence-electron chi connectivity index (χ1n) is 6.79. The van der Waals surface area contributed by atoms with Gasteiger partial charge in [0.15, 0.2) is 0 Å². The van der Waals surface area contributed by atoms with Gasteiger partial charge in [-0.05, 0) is 30.2 Å². The topological polar surface area (TPSA) is 109 Å². The monoisotopic (exact) mass is 350 g/mol. The van der Waals surface area contributed by atoms with Crippen molar-refractivity contribution in [1.29, 1.82) is 0 Å². The van der Waals surface area contributed by atoms with E-state index in [0.717, 1.165) is 5.56 Å². The number of amides is 1. The summed E-state index contributed by atoms with van der Waals surface area (Å²) >= 11 is 0. The summed E-state index contributed by atoms with van der Waals surface area (Å²) in [7, 11) is -4.32. The third kappa shape index (κ3) is 3.72. The Labute approximate surface area is 138 Å². The Morgan fingerprint density at radius 2 is 2.04 bits per heavy atom. The molecule has 0 spiro atoms. The summed E-state index contributed by atoms with van der Waals surface area (Å²) in [6.07, 6.45) is 2.20. The van der Waals surface area contributed by atoms with Crippen LogP contribution in [0.1, 0.15) is 15.9 Å². The van der Waals surface area contributed by atoms with Crippen LogP contribution in [0.25, 0.3) is 0 Å². The zero-order valence-electron chi connectivity index (χ0n) is 12.5. The largest absolute Gasteiger partial charge is 0.507 e. The minimum absolute atomic E-state index is 0.224. The molecule has 0 aromatic heterocycles. The second kappa shape index (κ2) is 6.71. The highest BCUT2D eigenvalue weighted by molar-refractivity contribution is 7.92. The van der Waals surface area contributed by atoms with Crippen molar-refractivity contribution < 1.29 is 22.7 Å². The number of rotatable bonds is 6. The van der Waals surface area contributed by atoms with Crippen LogP contribution in [-0.4, -0.2) is 19.4 Å². The van der Waals surface area contributed by atoms with Gasteiger partial charge in [-0.25, -0.2) is 12.8 Å². The maximum atomic E-state index is 13.9. The molecule has 0 heterocycles. The van der Waals surface area contributed by atoms with Crippen LogP contribution in [0.15, 0.2) is 53.9 Å². The van der Waals surface area contributed by atoms with Crippen LogP contribution >= 0.6 is 0 Å². The molecule has 0 fully saturated rings. The molecule has 0 aliphatic carbocycles. The summed E-state index contributed by atoms with van der Waals surface area (Å²) in [5, 5.41) is 9.47. The van der Waals surface area contributed by atoms with Gasteiger partial charge in [0, 0.05) is 11.8 Å². The first kappa shape index (κ1) is 17.5. The molecule has 126 valence electrons. The van der Waals surface area contributed by atoms with E-state index in [0.29, 0.717) is 18.6 Å². The fourth-order valence-electron chi connectivity index (χ4n) is 2.08. The van der Waals surface area contributed by atoms with Gasteiger partial charge in [0.2, 0.25) is 0 Å². The molecule has 2 aromatic rings. The molecule has 1 amide bonds. The lowest BCUT2D eigenvalue weighted by atomic mass is 10.1. The molecule has 0 aliphatic heterocycles. The Hall–Kier alpha value is -2.87. The Morgan fingerprint density at radius 3 is 2.67 bits per heavy atom. The summed E-state index contributed by atoms with van der Waals surface area (Å²) < 4.78 is 40.9. The van der Waals surface area contributed by atoms with Crippen molar-refractivity contribution in [2.75, 3.05) is 4.72 Å². The van der Waals surface area contributed by atoms with Crippen LogP contribution in [0.5, 0.6) is 5.75 Å². The average Bonchev–Trinajstić information content (AvgIpc) is 2.46. The highest BCUT2D eigenvalue weighted by Gasteiger charge is 2.23. The summed E-state index contributed by atoms with van der Waals surface area (Å²) in [5.74, 6) is -3.00. The fraction of sp³-hybridized carbons (Fsp3) is 0.0625. The summed E-state index contributed by atoms with van der Waals surface area (Å²) in [5.41, 5.74) is 5.59. The van der Waals surface area contributed by atoms with Gasteiger partial charge in [-0.1, -0.05) is 18.2 Å². The molecule has 24 heavy (non-hydrogen) atoms. The number of sulfonamides is 1. The second-order valence-corrected chi connectivity index (χ2v) is 6.61. The van der Waals surface area contributed by atoms with Crippen molar-refractivity contribution in [2.45, 2.75) is 11.3 Å². The molecule has 8 heteroatoms. The highest BCUT2D eigenvalue weighted by atomic mass is 32.2. The minimum atomic E-state index is -4.32. The van der Waals surface area contributed by atoms with E-state index in [2.05, 4.69) is 11.3 Å². The SMILES string of the molecule is C=CCc1cccc(NS(=O)(=O)c2cc(C(N)=O)c(O)cc2F)c1. The van der Waals surface area contributed by atoms with Crippen molar-refractivity contribution in [3.8, 4) is 5.75 Å². The van der Waals surface area contributed by atoms with Gasteiger partial charge in [0.1, 0.15) is 16.5 Å². The van der Waals surface area contributed by atoms with Gasteiger partial charge in [0.25, 0.3) is 15.9 Å². The molecule has 0 unspecified atom stereocenters. The lowest BCUT2D eigenvalue weighted by Crippen LogP contribution is -2.17. The van der Waals surface area contributed by atoms with Crippen LogP contribution in [0.2, 0.25) is 0 Å². The average molecular weight is 350 g/mol. The van der Waals surface area contributed by atoms with E-state index in [-0.39, 0.29) is 5.69 Å². The van der Waals surface area contributed by atoms with Crippen molar-refractivity contribution >= 4 is 21.6 Å². The van der Waals surface area contributed by atoms with Gasteiger partial charge in [0.05, 0.1) is 5.56 Å². The van der Waals surface area contributed by atoms with E-state index in [1.54, 1.807) is 24.3 Å². The predicted molar refractivity (Wildman–Crippen MR) is 87.7 cm³/mol. The molecular weight excluding hydrogens is 335 g/mol. The number of hydrogen-bond donors (Lipinski definition) is 3. The van der Waals surface area contributed by atoms with E-state index in [4.69, 9.17) is 5.73 Å². The maximum absolute atomic E-state index is 13.9. The number of carbonyl (C=O) groups is 1. The number of primary amides is 1. The number of allylic oxidation sites excluding steroid dienone is 1. The maximum Gasteiger partial charge on any atom is 0.264 e.